The molecule has 43 heavy (non-hydrogen) atoms. The molecular formula is C28H25N5O7S3. The number of nitrogens with two attached hydrogens (primary N) is 1. The highest BCUT2D eigenvalue weighted by atomic mass is 32.2. The Morgan fingerprint density at radius 2 is 1.81 bits per heavy atom. The molecule has 12 nitrogen and oxygen atoms in total. The topological polar surface area (TPSA) is 174 Å². The molecule has 222 valence electrons. The quantitative estimate of drug-likeness (QED) is 0.122. The second-order valence-electron chi connectivity index (χ2n) is 9.12. The standard InChI is InChI=1S/C28H25N5O7S3/c1-41-18-14-42-26-21(25(36)33(26)22(18)27(37)38)31-24(35)20(17-13-43-28(29)30-17)32-39-12-19(34)40-23(15-8-4-2-5-9-15)16-10-6-3-7-11-16/h2-11,13,21,23,26H,12,14H2,1H3,(H2,29,30)(H,31,35)(H,37,38)/t21?,26-/m0/s1. The monoisotopic (exact) mass is 639 g/mol. The molecule has 0 aliphatic carbocycles. The Balaban J connectivity index is 1.28. The molecule has 2 atom stereocenters. The number of carboxylic acid groups (broad SMARTS) is 1. The zero-order chi connectivity index (χ0) is 30.5. The zero-order valence-corrected chi connectivity index (χ0v) is 25.0. The van der Waals surface area contributed by atoms with E-state index in [1.54, 1.807) is 6.26 Å². The number of nitrogens with zero attached hydrogens (tertiary/aromatic N) is 3. The van der Waals surface area contributed by atoms with Crippen molar-refractivity contribution in [2.24, 2.45) is 5.16 Å². The lowest BCUT2D eigenvalue weighted by Crippen LogP contribution is -2.71. The fourth-order valence-corrected chi connectivity index (χ4v) is 7.25. The van der Waals surface area contributed by atoms with E-state index in [2.05, 4.69) is 15.5 Å². The predicted octanol–water partition coefficient (Wildman–Crippen LogP) is 2.84. The fourth-order valence-electron chi connectivity index (χ4n) is 4.46. The first-order valence-electron chi connectivity index (χ1n) is 12.7. The summed E-state index contributed by atoms with van der Waals surface area (Å²) in [6, 6.07) is 17.4. The van der Waals surface area contributed by atoms with E-state index in [9.17, 15) is 24.3 Å². The van der Waals surface area contributed by atoms with Gasteiger partial charge in [0.2, 0.25) is 6.61 Å². The molecule has 0 spiro atoms. The van der Waals surface area contributed by atoms with Crippen molar-refractivity contribution < 1.29 is 33.9 Å². The van der Waals surface area contributed by atoms with E-state index in [1.807, 2.05) is 60.7 Å². The molecule has 2 aliphatic heterocycles. The fraction of sp³-hybridized carbons (Fsp3) is 0.214. The number of nitrogen functional groups attached to an aromatic ring is 1. The first-order valence-corrected chi connectivity index (χ1v) is 15.9. The number of β-lactam (4-membered cyclic amide) rings is 1. The Labute approximate surface area is 258 Å². The molecule has 2 amide bonds. The van der Waals surface area contributed by atoms with E-state index >= 15 is 0 Å². The van der Waals surface area contributed by atoms with Gasteiger partial charge in [0, 0.05) is 16.0 Å². The second kappa shape index (κ2) is 13.3. The summed E-state index contributed by atoms with van der Waals surface area (Å²) in [6.07, 6.45) is 1.05. The molecule has 2 aliphatic rings. The molecule has 0 radical (unpaired) electrons. The highest BCUT2D eigenvalue weighted by Gasteiger charge is 2.54. The van der Waals surface area contributed by atoms with Gasteiger partial charge in [-0.2, -0.15) is 0 Å². The van der Waals surface area contributed by atoms with Crippen LogP contribution in [0.15, 0.2) is 81.8 Å². The van der Waals surface area contributed by atoms with Crippen LogP contribution in [-0.2, 0) is 28.8 Å². The summed E-state index contributed by atoms with van der Waals surface area (Å²) in [4.78, 5) is 62.0. The van der Waals surface area contributed by atoms with Gasteiger partial charge in [-0.15, -0.1) is 34.9 Å². The number of esters is 1. The summed E-state index contributed by atoms with van der Waals surface area (Å²) in [5.41, 5.74) is 6.96. The summed E-state index contributed by atoms with van der Waals surface area (Å²) < 4.78 is 5.71. The first kappa shape index (κ1) is 30.1. The van der Waals surface area contributed by atoms with Crippen LogP contribution in [0.2, 0.25) is 0 Å². The normalized spacial score (nSPS) is 18.1. The molecule has 1 aromatic heterocycles. The van der Waals surface area contributed by atoms with Gasteiger partial charge in [0.1, 0.15) is 22.8 Å². The molecule has 1 unspecified atom stereocenters. The number of carboxylic acids is 1. The zero-order valence-electron chi connectivity index (χ0n) is 22.5. The van der Waals surface area contributed by atoms with Gasteiger partial charge in [0.25, 0.3) is 11.8 Å². The van der Waals surface area contributed by atoms with E-state index in [0.29, 0.717) is 10.7 Å². The van der Waals surface area contributed by atoms with E-state index in [-0.39, 0.29) is 22.2 Å². The number of fused-ring (bicyclic) bond motifs is 1. The molecule has 15 heteroatoms. The van der Waals surface area contributed by atoms with Crippen molar-refractivity contribution in [1.82, 2.24) is 15.2 Å². The number of thioether (sulfide) groups is 2. The molecule has 3 aromatic rings. The van der Waals surface area contributed by atoms with Crippen LogP contribution in [0.25, 0.3) is 0 Å². The van der Waals surface area contributed by atoms with E-state index in [4.69, 9.17) is 15.3 Å². The van der Waals surface area contributed by atoms with Crippen molar-refractivity contribution in [2.75, 3.05) is 24.3 Å². The van der Waals surface area contributed by atoms with Gasteiger partial charge in [0.15, 0.2) is 16.9 Å². The Hall–Kier alpha value is -4.34. The van der Waals surface area contributed by atoms with E-state index in [0.717, 1.165) is 22.5 Å². The van der Waals surface area contributed by atoms with Gasteiger partial charge in [-0.3, -0.25) is 14.5 Å². The van der Waals surface area contributed by atoms with E-state index < -0.39 is 47.9 Å². The number of aromatic nitrogens is 1. The predicted molar refractivity (Wildman–Crippen MR) is 163 cm³/mol. The number of oxime groups is 1. The summed E-state index contributed by atoms with van der Waals surface area (Å²) in [5.74, 6) is -2.94. The average molecular weight is 640 g/mol. The maximum absolute atomic E-state index is 13.3. The highest BCUT2D eigenvalue weighted by molar-refractivity contribution is 8.05. The lowest BCUT2D eigenvalue weighted by molar-refractivity contribution is -0.153. The Kier molecular flexibility index (Phi) is 9.33. The Morgan fingerprint density at radius 3 is 2.37 bits per heavy atom. The Bertz CT molecular complexity index is 1560. The van der Waals surface area contributed by atoms with Crippen molar-refractivity contribution in [2.45, 2.75) is 17.5 Å². The summed E-state index contributed by atoms with van der Waals surface area (Å²) in [5, 5.41) is 17.2. The lowest BCUT2D eigenvalue weighted by Gasteiger charge is -2.49. The van der Waals surface area contributed by atoms with Crippen LogP contribution in [0.1, 0.15) is 22.9 Å². The largest absolute Gasteiger partial charge is 0.477 e. The molecule has 4 N–H and O–H groups in total. The van der Waals surface area contributed by atoms with Crippen LogP contribution in [0.4, 0.5) is 5.13 Å². The number of benzene rings is 2. The summed E-state index contributed by atoms with van der Waals surface area (Å²) in [6.45, 7) is -0.620. The maximum Gasteiger partial charge on any atom is 0.353 e. The maximum atomic E-state index is 13.3. The number of amides is 2. The van der Waals surface area contributed by atoms with Gasteiger partial charge in [0.05, 0.1) is 0 Å². The van der Waals surface area contributed by atoms with Gasteiger partial charge in [-0.05, 0) is 17.4 Å². The third-order valence-electron chi connectivity index (χ3n) is 6.44. The van der Waals surface area contributed by atoms with Crippen molar-refractivity contribution in [3.8, 4) is 0 Å². The third kappa shape index (κ3) is 6.53. The van der Waals surface area contributed by atoms with Crippen LogP contribution in [0.3, 0.4) is 0 Å². The molecule has 1 saturated heterocycles. The number of carbonyl (C=O) groups excluding carboxylic acids is 3. The van der Waals surface area contributed by atoms with Gasteiger partial charge in [-0.1, -0.05) is 65.8 Å². The molecule has 2 aromatic carbocycles. The average Bonchev–Trinajstić information content (AvgIpc) is 3.46. The Morgan fingerprint density at radius 1 is 1.16 bits per heavy atom. The number of anilines is 1. The van der Waals surface area contributed by atoms with Crippen molar-refractivity contribution in [3.05, 3.63) is 93.5 Å². The van der Waals surface area contributed by atoms with Crippen LogP contribution in [0.5, 0.6) is 0 Å². The smallest absolute Gasteiger partial charge is 0.353 e. The number of hydrogen-bond donors (Lipinski definition) is 3. The minimum absolute atomic E-state index is 0.0792. The number of carbonyl (C=O) groups is 4. The van der Waals surface area contributed by atoms with Gasteiger partial charge in [-0.25, -0.2) is 14.6 Å². The molecule has 1 fully saturated rings. The number of hydrogen-bond acceptors (Lipinski definition) is 12. The highest BCUT2D eigenvalue weighted by Crippen LogP contribution is 2.42. The van der Waals surface area contributed by atoms with E-state index in [1.165, 1.54) is 33.8 Å². The lowest BCUT2D eigenvalue weighted by atomic mass is 10.0. The molecule has 5 rings (SSSR count). The van der Waals surface area contributed by atoms with Crippen molar-refractivity contribution in [3.63, 3.8) is 0 Å². The number of rotatable bonds is 11. The van der Waals surface area contributed by atoms with Crippen molar-refractivity contribution in [1.29, 1.82) is 0 Å². The molecule has 0 bridgehead atoms. The summed E-state index contributed by atoms with van der Waals surface area (Å²) in [7, 11) is 0. The van der Waals surface area contributed by atoms with Gasteiger partial charge >= 0.3 is 11.9 Å². The third-order valence-corrected chi connectivity index (χ3v) is 9.41. The number of aliphatic carboxylic acids is 1. The second-order valence-corrected chi connectivity index (χ2v) is 12.0. The minimum atomic E-state index is -1.21. The molecule has 0 saturated carbocycles. The molecule has 3 heterocycles. The molecular weight excluding hydrogens is 615 g/mol. The van der Waals surface area contributed by atoms with Gasteiger partial charge < -0.3 is 25.7 Å². The van der Waals surface area contributed by atoms with Crippen LogP contribution in [0, 0.1) is 0 Å². The summed E-state index contributed by atoms with van der Waals surface area (Å²) >= 11 is 3.66. The number of ether oxygens (including phenoxy) is 1. The van der Waals surface area contributed by atoms with Crippen molar-refractivity contribution >= 4 is 69.5 Å². The first-order chi connectivity index (χ1) is 20.8. The van der Waals surface area contributed by atoms with Crippen LogP contribution < -0.4 is 11.1 Å². The number of nitrogens with one attached hydrogen (secondary N) is 1. The minimum Gasteiger partial charge on any atom is -0.477 e. The number of thiazole rings is 1. The SMILES string of the molecule is CSC1=C(C(=O)O)N2C(=O)C(NC(=O)C(=NOCC(=O)OC(c3ccccc3)c3ccccc3)c3csc(N)n3)[C@@H]2SC1. The van der Waals surface area contributed by atoms with Crippen LogP contribution >= 0.6 is 34.9 Å². The van der Waals surface area contributed by atoms with Crippen LogP contribution in [-0.4, -0.2) is 74.5 Å².